The Morgan fingerprint density at radius 3 is 2.32 bits per heavy atom. The highest BCUT2D eigenvalue weighted by molar-refractivity contribution is 8.00. The minimum Gasteiger partial charge on any atom is -0.478 e. The lowest BCUT2D eigenvalue weighted by Gasteiger charge is -2.11. The average Bonchev–Trinajstić information content (AvgIpc) is 2.24. The van der Waals surface area contributed by atoms with Crippen molar-refractivity contribution in [3.05, 3.63) is 28.8 Å². The van der Waals surface area contributed by atoms with Crippen LogP contribution in [0.25, 0.3) is 0 Å². The number of thioether (sulfide) groups is 1. The van der Waals surface area contributed by atoms with Crippen LogP contribution >= 0.6 is 11.8 Å². The Morgan fingerprint density at radius 1 is 1.37 bits per heavy atom. The fourth-order valence-electron chi connectivity index (χ4n) is 1.33. The molecule has 0 unspecified atom stereocenters. The summed E-state index contributed by atoms with van der Waals surface area (Å²) < 4.78 is 61.7. The van der Waals surface area contributed by atoms with E-state index in [9.17, 15) is 26.7 Å². The van der Waals surface area contributed by atoms with Gasteiger partial charge in [0.2, 0.25) is 0 Å². The Hall–Kier alpha value is -1.82. The van der Waals surface area contributed by atoms with Gasteiger partial charge in [-0.05, 0) is 23.9 Å². The first kappa shape index (κ1) is 15.2. The van der Waals surface area contributed by atoms with Crippen molar-refractivity contribution in [2.45, 2.75) is 16.8 Å². The highest BCUT2D eigenvalue weighted by Crippen LogP contribution is 2.39. The maximum Gasteiger partial charge on any atom is 0.446 e. The summed E-state index contributed by atoms with van der Waals surface area (Å²) in [6.45, 7) is 0. The second-order valence-electron chi connectivity index (χ2n) is 3.20. The molecule has 1 N–H and O–H groups in total. The number of nitrogens with zero attached hydrogens (tertiary/aromatic N) is 1. The number of alkyl halides is 5. The van der Waals surface area contributed by atoms with Crippen molar-refractivity contribution in [2.75, 3.05) is 0 Å². The summed E-state index contributed by atoms with van der Waals surface area (Å²) in [5.74, 6) is -1.80. The number of rotatable bonds is 3. The number of hydrogen-bond donors (Lipinski definition) is 1. The molecule has 0 saturated heterocycles. The van der Waals surface area contributed by atoms with Crippen LogP contribution in [0.4, 0.5) is 22.0 Å². The van der Waals surface area contributed by atoms with E-state index in [1.165, 1.54) is 6.07 Å². The molecule has 1 aromatic carbocycles. The van der Waals surface area contributed by atoms with Gasteiger partial charge in [-0.25, -0.2) is 13.6 Å². The minimum atomic E-state index is -4.73. The Kier molecular flexibility index (Phi) is 4.36. The number of benzene rings is 1. The molecule has 0 fully saturated rings. The summed E-state index contributed by atoms with van der Waals surface area (Å²) in [6, 6.07) is 2.35. The van der Waals surface area contributed by atoms with Crippen LogP contribution in [0.5, 0.6) is 0 Å². The monoisotopic (exact) mass is 297 g/mol. The molecule has 0 aromatic heterocycles. The van der Waals surface area contributed by atoms with Crippen molar-refractivity contribution in [3.8, 4) is 6.07 Å². The molecule has 102 valence electrons. The van der Waals surface area contributed by atoms with Crippen LogP contribution in [0, 0.1) is 11.3 Å². The van der Waals surface area contributed by atoms with Crippen LogP contribution in [-0.4, -0.2) is 16.6 Å². The van der Waals surface area contributed by atoms with Crippen molar-refractivity contribution in [1.29, 1.82) is 5.26 Å². The van der Waals surface area contributed by atoms with Gasteiger partial charge in [0.05, 0.1) is 11.1 Å². The molecule has 0 aliphatic heterocycles. The molecule has 0 heterocycles. The number of aromatic carboxylic acids is 1. The maximum absolute atomic E-state index is 12.7. The van der Waals surface area contributed by atoms with Crippen LogP contribution in [0.3, 0.4) is 0 Å². The fraction of sp³-hybridized carbons (Fsp3) is 0.200. The summed E-state index contributed by atoms with van der Waals surface area (Å²) in [4.78, 5) is 10.1. The van der Waals surface area contributed by atoms with E-state index in [0.29, 0.717) is 12.1 Å². The number of carbonyl (C=O) groups is 1. The first-order valence-corrected chi connectivity index (χ1v) is 5.32. The van der Waals surface area contributed by atoms with Crippen molar-refractivity contribution < 1.29 is 31.9 Å². The molecule has 0 atom stereocenters. The highest BCUT2D eigenvalue weighted by atomic mass is 32.2. The van der Waals surface area contributed by atoms with Crippen LogP contribution in [0.1, 0.15) is 27.9 Å². The predicted octanol–water partition coefficient (Wildman–Crippen LogP) is 3.81. The Bertz CT molecular complexity index is 550. The van der Waals surface area contributed by atoms with Gasteiger partial charge in [0.15, 0.2) is 0 Å². The van der Waals surface area contributed by atoms with Crippen molar-refractivity contribution in [3.63, 3.8) is 0 Å². The second kappa shape index (κ2) is 5.44. The van der Waals surface area contributed by atoms with E-state index >= 15 is 0 Å². The van der Waals surface area contributed by atoms with Gasteiger partial charge < -0.3 is 5.11 Å². The average molecular weight is 297 g/mol. The van der Waals surface area contributed by atoms with E-state index < -0.39 is 51.3 Å². The first-order chi connectivity index (χ1) is 8.65. The molecule has 9 heteroatoms. The quantitative estimate of drug-likeness (QED) is 0.681. The molecule has 0 aliphatic rings. The zero-order chi connectivity index (χ0) is 14.8. The first-order valence-electron chi connectivity index (χ1n) is 4.51. The second-order valence-corrected chi connectivity index (χ2v) is 4.34. The van der Waals surface area contributed by atoms with E-state index in [2.05, 4.69) is 0 Å². The Balaban J connectivity index is 3.46. The van der Waals surface area contributed by atoms with Gasteiger partial charge >= 0.3 is 11.5 Å². The smallest absolute Gasteiger partial charge is 0.446 e. The van der Waals surface area contributed by atoms with Crippen LogP contribution in [-0.2, 0) is 0 Å². The molecular weight excluding hydrogens is 293 g/mol. The summed E-state index contributed by atoms with van der Waals surface area (Å²) in [6.07, 6.45) is -3.30. The van der Waals surface area contributed by atoms with Crippen molar-refractivity contribution in [1.82, 2.24) is 0 Å². The Morgan fingerprint density at radius 2 is 1.95 bits per heavy atom. The third-order valence-electron chi connectivity index (χ3n) is 1.95. The molecule has 3 nitrogen and oxygen atoms in total. The number of carboxylic acid groups (broad SMARTS) is 1. The van der Waals surface area contributed by atoms with E-state index in [4.69, 9.17) is 10.4 Å². The van der Waals surface area contributed by atoms with Crippen molar-refractivity contribution in [2.24, 2.45) is 0 Å². The summed E-state index contributed by atoms with van der Waals surface area (Å²) >= 11 is -0.695. The van der Waals surface area contributed by atoms with Gasteiger partial charge in [-0.3, -0.25) is 0 Å². The van der Waals surface area contributed by atoms with E-state index in [-0.39, 0.29) is 0 Å². The molecule has 0 amide bonds. The number of nitriles is 1. The third kappa shape index (κ3) is 3.82. The van der Waals surface area contributed by atoms with Gasteiger partial charge in [0.1, 0.15) is 6.07 Å². The summed E-state index contributed by atoms with van der Waals surface area (Å²) in [5, 5.41) is 17.4. The molecule has 0 saturated carbocycles. The van der Waals surface area contributed by atoms with E-state index in [1.54, 1.807) is 0 Å². The Labute approximate surface area is 107 Å². The maximum atomic E-state index is 12.7. The fourth-order valence-corrected chi connectivity index (χ4v) is 1.96. The molecular formula is C10H4F5NO2S. The SMILES string of the molecule is N#Cc1cc(SC(F)(F)F)cc(C(F)F)c1C(=O)O. The van der Waals surface area contributed by atoms with Gasteiger partial charge in [-0.2, -0.15) is 18.4 Å². The highest BCUT2D eigenvalue weighted by Gasteiger charge is 2.31. The lowest BCUT2D eigenvalue weighted by Crippen LogP contribution is -2.08. The molecule has 1 aromatic rings. The number of hydrogen-bond acceptors (Lipinski definition) is 3. The molecule has 0 spiro atoms. The number of halogens is 5. The zero-order valence-electron chi connectivity index (χ0n) is 8.83. The molecule has 0 radical (unpaired) electrons. The third-order valence-corrected chi connectivity index (χ3v) is 2.65. The van der Waals surface area contributed by atoms with Crippen molar-refractivity contribution >= 4 is 17.7 Å². The molecule has 0 aliphatic carbocycles. The van der Waals surface area contributed by atoms with Gasteiger partial charge in [0, 0.05) is 10.5 Å². The van der Waals surface area contributed by atoms with Gasteiger partial charge in [-0.15, -0.1) is 0 Å². The lowest BCUT2D eigenvalue weighted by molar-refractivity contribution is -0.0328. The molecule has 0 bridgehead atoms. The van der Waals surface area contributed by atoms with E-state index in [0.717, 1.165) is 0 Å². The summed E-state index contributed by atoms with van der Waals surface area (Å²) in [5.41, 5.74) is -7.56. The van der Waals surface area contributed by atoms with Crippen LogP contribution < -0.4 is 0 Å². The lowest BCUT2D eigenvalue weighted by atomic mass is 10.0. The largest absolute Gasteiger partial charge is 0.478 e. The standard InChI is InChI=1S/C10H4F5NO2S/c11-8(12)6-2-5(19-10(13,14)15)1-4(3-16)7(6)9(17)18/h1-2,8H,(H,17,18). The topological polar surface area (TPSA) is 61.1 Å². The van der Waals surface area contributed by atoms with Gasteiger partial charge in [-0.1, -0.05) is 0 Å². The van der Waals surface area contributed by atoms with Crippen LogP contribution in [0.2, 0.25) is 0 Å². The molecule has 19 heavy (non-hydrogen) atoms. The summed E-state index contributed by atoms with van der Waals surface area (Å²) in [7, 11) is 0. The van der Waals surface area contributed by atoms with Gasteiger partial charge in [0.25, 0.3) is 6.43 Å². The zero-order valence-corrected chi connectivity index (χ0v) is 9.65. The predicted molar refractivity (Wildman–Crippen MR) is 55.0 cm³/mol. The number of carboxylic acids is 1. The van der Waals surface area contributed by atoms with Crippen LogP contribution in [0.15, 0.2) is 17.0 Å². The minimum absolute atomic E-state index is 0.424. The normalized spacial score (nSPS) is 11.4. The van der Waals surface area contributed by atoms with E-state index in [1.807, 2.05) is 0 Å². The molecule has 1 rings (SSSR count).